The monoisotopic (exact) mass is 250 g/mol. The van der Waals surface area contributed by atoms with Crippen LogP contribution in [0.25, 0.3) is 0 Å². The molecule has 0 saturated carbocycles. The van der Waals surface area contributed by atoms with Gasteiger partial charge < -0.3 is 5.32 Å². The molecular weight excluding hydrogens is 236 g/mol. The largest absolute Gasteiger partial charge is 0.314 e. The summed E-state index contributed by atoms with van der Waals surface area (Å²) in [6.07, 6.45) is 0. The molecule has 17 heavy (non-hydrogen) atoms. The zero-order chi connectivity index (χ0) is 12.1. The fourth-order valence-electron chi connectivity index (χ4n) is 1.59. The van der Waals surface area contributed by atoms with E-state index in [2.05, 4.69) is 16.5 Å². The highest BCUT2D eigenvalue weighted by Crippen LogP contribution is 2.02. The molecule has 0 bridgehead atoms. The molecule has 0 radical (unpaired) electrons. The van der Waals surface area contributed by atoms with Crippen LogP contribution in [0.2, 0.25) is 0 Å². The highest BCUT2D eigenvalue weighted by molar-refractivity contribution is 7.93. The van der Waals surface area contributed by atoms with Crippen molar-refractivity contribution in [2.75, 3.05) is 26.2 Å². The third-order valence-electron chi connectivity index (χ3n) is 2.51. The molecule has 0 aromatic heterocycles. The van der Waals surface area contributed by atoms with Crippen LogP contribution >= 0.6 is 0 Å². The molecule has 0 spiro atoms. The smallest absolute Gasteiger partial charge is 0.283 e. The average molecular weight is 250 g/mol. The summed E-state index contributed by atoms with van der Waals surface area (Å²) in [5, 5.41) is 5.47. The summed E-state index contributed by atoms with van der Waals surface area (Å²) in [6.45, 7) is 2.36. The highest BCUT2D eigenvalue weighted by Gasteiger charge is 2.21. The first kappa shape index (κ1) is 12.1. The molecule has 1 aromatic rings. The summed E-state index contributed by atoms with van der Waals surface area (Å²) in [4.78, 5) is 0. The van der Waals surface area contributed by atoms with Crippen molar-refractivity contribution < 1.29 is 8.42 Å². The van der Waals surface area contributed by atoms with E-state index >= 15 is 0 Å². The lowest BCUT2D eigenvalue weighted by Crippen LogP contribution is -2.45. The molecule has 0 atom stereocenters. The Labute approximate surface area is 102 Å². The molecule has 2 rings (SSSR count). The predicted octanol–water partition coefficient (Wildman–Crippen LogP) is 0.231. The van der Waals surface area contributed by atoms with E-state index in [-0.39, 0.29) is 0 Å². The number of hydrogen-bond acceptors (Lipinski definition) is 3. The Balaban J connectivity index is 2.15. The molecule has 1 aromatic carbocycles. The van der Waals surface area contributed by atoms with E-state index in [9.17, 15) is 8.42 Å². The van der Waals surface area contributed by atoms with Crippen molar-refractivity contribution in [1.82, 2.24) is 9.62 Å². The van der Waals surface area contributed by atoms with Gasteiger partial charge in [0.05, 0.1) is 0 Å². The molecule has 1 fully saturated rings. The Morgan fingerprint density at radius 2 is 1.76 bits per heavy atom. The SMILES string of the molecule is O=S(=O)(C#Cc1ccccc1)N1CCNCC1. The molecule has 5 heteroatoms. The van der Waals surface area contributed by atoms with Gasteiger partial charge in [0.1, 0.15) is 0 Å². The first-order valence-electron chi connectivity index (χ1n) is 5.47. The van der Waals surface area contributed by atoms with Crippen molar-refractivity contribution in [3.8, 4) is 11.2 Å². The summed E-state index contributed by atoms with van der Waals surface area (Å²) in [5.41, 5.74) is 0.714. The second-order valence-corrected chi connectivity index (χ2v) is 5.42. The van der Waals surface area contributed by atoms with Gasteiger partial charge in [-0.1, -0.05) is 18.2 Å². The lowest BCUT2D eigenvalue weighted by atomic mass is 10.2. The summed E-state index contributed by atoms with van der Waals surface area (Å²) in [7, 11) is -3.45. The number of sulfonamides is 1. The maximum Gasteiger partial charge on any atom is 0.283 e. The fraction of sp³-hybridized carbons (Fsp3) is 0.333. The van der Waals surface area contributed by atoms with Gasteiger partial charge in [-0.3, -0.25) is 0 Å². The van der Waals surface area contributed by atoms with E-state index in [0.29, 0.717) is 31.7 Å². The minimum Gasteiger partial charge on any atom is -0.314 e. The van der Waals surface area contributed by atoms with Crippen molar-refractivity contribution in [2.24, 2.45) is 0 Å². The molecule has 1 aliphatic rings. The fourth-order valence-corrected chi connectivity index (χ4v) is 2.63. The minimum absolute atomic E-state index is 0.492. The van der Waals surface area contributed by atoms with Crippen LogP contribution in [-0.4, -0.2) is 38.9 Å². The van der Waals surface area contributed by atoms with Gasteiger partial charge in [0.25, 0.3) is 10.0 Å². The van der Waals surface area contributed by atoms with Gasteiger partial charge in [-0.25, -0.2) is 0 Å². The second-order valence-electron chi connectivity index (χ2n) is 3.75. The van der Waals surface area contributed by atoms with E-state index in [1.165, 1.54) is 4.31 Å². The summed E-state index contributed by atoms with van der Waals surface area (Å²) < 4.78 is 25.2. The van der Waals surface area contributed by atoms with Gasteiger partial charge in [-0.15, -0.1) is 0 Å². The lowest BCUT2D eigenvalue weighted by Gasteiger charge is -2.23. The van der Waals surface area contributed by atoms with Gasteiger partial charge in [0.2, 0.25) is 0 Å². The van der Waals surface area contributed by atoms with Crippen LogP contribution < -0.4 is 5.32 Å². The predicted molar refractivity (Wildman–Crippen MR) is 66.7 cm³/mol. The Morgan fingerprint density at radius 1 is 1.12 bits per heavy atom. The van der Waals surface area contributed by atoms with Crippen molar-refractivity contribution in [3.63, 3.8) is 0 Å². The second kappa shape index (κ2) is 5.32. The van der Waals surface area contributed by atoms with Crippen LogP contribution in [0.15, 0.2) is 30.3 Å². The van der Waals surface area contributed by atoms with Crippen LogP contribution in [0.4, 0.5) is 0 Å². The Hall–Kier alpha value is -1.35. The third-order valence-corrected chi connectivity index (χ3v) is 3.92. The molecule has 90 valence electrons. The maximum absolute atomic E-state index is 11.9. The maximum atomic E-state index is 11.9. The van der Waals surface area contributed by atoms with E-state index < -0.39 is 10.0 Å². The molecule has 4 nitrogen and oxygen atoms in total. The third kappa shape index (κ3) is 3.30. The zero-order valence-electron chi connectivity index (χ0n) is 9.39. The molecule has 1 aliphatic heterocycles. The average Bonchev–Trinajstić information content (AvgIpc) is 2.39. The zero-order valence-corrected chi connectivity index (χ0v) is 10.2. The number of hydrogen-bond donors (Lipinski definition) is 1. The van der Waals surface area contributed by atoms with E-state index in [1.54, 1.807) is 12.1 Å². The van der Waals surface area contributed by atoms with Crippen LogP contribution in [-0.2, 0) is 10.0 Å². The number of rotatable bonds is 1. The van der Waals surface area contributed by atoms with Gasteiger partial charge in [-0.2, -0.15) is 12.7 Å². The van der Waals surface area contributed by atoms with Crippen LogP contribution in [0.3, 0.4) is 0 Å². The minimum atomic E-state index is -3.45. The van der Waals surface area contributed by atoms with Crippen LogP contribution in [0, 0.1) is 11.2 Å². The number of benzene rings is 1. The van der Waals surface area contributed by atoms with Gasteiger partial charge in [-0.05, 0) is 18.1 Å². The summed E-state index contributed by atoms with van der Waals surface area (Å²) in [6, 6.07) is 9.12. The van der Waals surface area contributed by atoms with Crippen molar-refractivity contribution >= 4 is 10.0 Å². The summed E-state index contributed by atoms with van der Waals surface area (Å²) in [5.74, 6) is 2.68. The number of piperazine rings is 1. The van der Waals surface area contributed by atoms with Crippen molar-refractivity contribution in [2.45, 2.75) is 0 Å². The standard InChI is InChI=1S/C12H14N2O2S/c15-17(16,14-9-7-13-8-10-14)11-6-12-4-2-1-3-5-12/h1-5,13H,7-10H2. The molecular formula is C12H14N2O2S. The molecule has 0 unspecified atom stereocenters. The van der Waals surface area contributed by atoms with E-state index in [0.717, 1.165) is 0 Å². The lowest BCUT2D eigenvalue weighted by molar-refractivity contribution is 0.365. The number of nitrogens with zero attached hydrogens (tertiary/aromatic N) is 1. The molecule has 1 N–H and O–H groups in total. The Bertz CT molecular complexity index is 523. The Morgan fingerprint density at radius 3 is 2.41 bits per heavy atom. The van der Waals surface area contributed by atoms with E-state index in [4.69, 9.17) is 0 Å². The van der Waals surface area contributed by atoms with E-state index in [1.807, 2.05) is 18.2 Å². The molecule has 1 saturated heterocycles. The molecule has 1 heterocycles. The molecule has 0 amide bonds. The highest BCUT2D eigenvalue weighted by atomic mass is 32.2. The van der Waals surface area contributed by atoms with Crippen molar-refractivity contribution in [1.29, 1.82) is 0 Å². The van der Waals surface area contributed by atoms with Gasteiger partial charge in [0, 0.05) is 37.0 Å². The van der Waals surface area contributed by atoms with Gasteiger partial charge in [0.15, 0.2) is 0 Å². The quantitative estimate of drug-likeness (QED) is 0.726. The summed E-state index contributed by atoms with van der Waals surface area (Å²) >= 11 is 0. The van der Waals surface area contributed by atoms with Gasteiger partial charge >= 0.3 is 0 Å². The van der Waals surface area contributed by atoms with Crippen LogP contribution in [0.5, 0.6) is 0 Å². The normalized spacial score (nSPS) is 17.2. The Kier molecular flexibility index (Phi) is 3.79. The van der Waals surface area contributed by atoms with Crippen LogP contribution in [0.1, 0.15) is 5.56 Å². The first-order chi connectivity index (χ1) is 8.18. The first-order valence-corrected chi connectivity index (χ1v) is 6.91. The van der Waals surface area contributed by atoms with Crippen molar-refractivity contribution in [3.05, 3.63) is 35.9 Å². The molecule has 0 aliphatic carbocycles. The topological polar surface area (TPSA) is 49.4 Å². The number of nitrogens with one attached hydrogen (secondary N) is 1.